The van der Waals surface area contributed by atoms with Gasteiger partial charge in [0, 0.05) is 42.6 Å². The largest absolute Gasteiger partial charge is 0.368 e. The summed E-state index contributed by atoms with van der Waals surface area (Å²) < 4.78 is 0. The van der Waals surface area contributed by atoms with Gasteiger partial charge in [-0.05, 0) is 50.1 Å². The van der Waals surface area contributed by atoms with Gasteiger partial charge in [0.25, 0.3) is 0 Å². The number of urea groups is 1. The minimum Gasteiger partial charge on any atom is -0.368 e. The Morgan fingerprint density at radius 3 is 2.24 bits per heavy atom. The Morgan fingerprint density at radius 1 is 1.00 bits per heavy atom. The van der Waals surface area contributed by atoms with Crippen molar-refractivity contribution in [2.24, 2.45) is 0 Å². The monoisotopic (exact) mass is 357 g/mol. The molecule has 1 heterocycles. The molecule has 1 aliphatic rings. The minimum absolute atomic E-state index is 0.0270. The number of benzene rings is 2. The van der Waals surface area contributed by atoms with Crippen LogP contribution >= 0.6 is 11.6 Å². The van der Waals surface area contributed by atoms with Gasteiger partial charge < -0.3 is 15.1 Å². The second-order valence-electron chi connectivity index (χ2n) is 6.66. The number of nitrogens with one attached hydrogen (secondary N) is 1. The molecule has 1 fully saturated rings. The number of piperazine rings is 1. The molecule has 0 aliphatic carbocycles. The summed E-state index contributed by atoms with van der Waals surface area (Å²) in [5, 5.41) is 3.83. The maximum absolute atomic E-state index is 12.6. The molecule has 1 N–H and O–H groups in total. The molecule has 0 saturated carbocycles. The second-order valence-corrected chi connectivity index (χ2v) is 7.09. The summed E-state index contributed by atoms with van der Waals surface area (Å²) in [7, 11) is 0. The molecule has 0 bridgehead atoms. The Balaban J connectivity index is 1.62. The van der Waals surface area contributed by atoms with Crippen LogP contribution in [0.5, 0.6) is 0 Å². The van der Waals surface area contributed by atoms with E-state index < -0.39 is 0 Å². The average Bonchev–Trinajstić information content (AvgIpc) is 2.58. The van der Waals surface area contributed by atoms with E-state index in [2.05, 4.69) is 35.3 Å². The topological polar surface area (TPSA) is 35.6 Å². The van der Waals surface area contributed by atoms with Gasteiger partial charge in [-0.2, -0.15) is 0 Å². The first kappa shape index (κ1) is 17.6. The van der Waals surface area contributed by atoms with Gasteiger partial charge in [0.15, 0.2) is 0 Å². The van der Waals surface area contributed by atoms with Crippen LogP contribution in [-0.2, 0) is 0 Å². The quantitative estimate of drug-likeness (QED) is 0.851. The summed E-state index contributed by atoms with van der Waals surface area (Å²) in [6.07, 6.45) is 0. The molecular formula is C20H24ClN3O. The number of amides is 2. The zero-order valence-corrected chi connectivity index (χ0v) is 15.7. The first-order valence-electron chi connectivity index (χ1n) is 8.58. The summed E-state index contributed by atoms with van der Waals surface area (Å²) in [5.41, 5.74) is 5.45. The fourth-order valence-corrected chi connectivity index (χ4v) is 3.59. The lowest BCUT2D eigenvalue weighted by atomic mass is 10.1. The van der Waals surface area contributed by atoms with Gasteiger partial charge in [-0.3, -0.25) is 0 Å². The molecule has 2 amide bonds. The highest BCUT2D eigenvalue weighted by Crippen LogP contribution is 2.24. The van der Waals surface area contributed by atoms with E-state index in [0.717, 1.165) is 40.6 Å². The third-order valence-electron chi connectivity index (χ3n) is 4.65. The molecule has 132 valence electrons. The van der Waals surface area contributed by atoms with E-state index in [-0.39, 0.29) is 6.03 Å². The number of rotatable bonds is 2. The number of hydrogen-bond acceptors (Lipinski definition) is 2. The van der Waals surface area contributed by atoms with Crippen LogP contribution in [0.2, 0.25) is 5.02 Å². The van der Waals surface area contributed by atoms with E-state index in [0.29, 0.717) is 13.1 Å². The average molecular weight is 358 g/mol. The Labute approximate surface area is 154 Å². The molecule has 0 unspecified atom stereocenters. The second kappa shape index (κ2) is 7.36. The summed E-state index contributed by atoms with van der Waals surface area (Å²) in [6, 6.07) is 12.0. The Hall–Kier alpha value is -2.20. The number of carbonyl (C=O) groups is 1. The maximum Gasteiger partial charge on any atom is 0.321 e. The third-order valence-corrected chi connectivity index (χ3v) is 4.88. The molecule has 0 aromatic heterocycles. The molecule has 1 saturated heterocycles. The van der Waals surface area contributed by atoms with Crippen LogP contribution in [0.3, 0.4) is 0 Å². The van der Waals surface area contributed by atoms with Crippen LogP contribution in [0, 0.1) is 20.8 Å². The van der Waals surface area contributed by atoms with Gasteiger partial charge in [0.2, 0.25) is 0 Å². The predicted molar refractivity (Wildman–Crippen MR) is 105 cm³/mol. The van der Waals surface area contributed by atoms with Crippen molar-refractivity contribution in [3.05, 3.63) is 58.1 Å². The van der Waals surface area contributed by atoms with Gasteiger partial charge in [-0.15, -0.1) is 0 Å². The van der Waals surface area contributed by atoms with Crippen LogP contribution in [0.1, 0.15) is 16.7 Å². The highest BCUT2D eigenvalue weighted by atomic mass is 35.5. The molecule has 2 aromatic rings. The summed E-state index contributed by atoms with van der Waals surface area (Å²) in [5.74, 6) is 0. The fraction of sp³-hybridized carbons (Fsp3) is 0.350. The SMILES string of the molecule is Cc1cc(C)c(NC(=O)N2CCN(c3cccc(Cl)c3)CC2)c(C)c1. The van der Waals surface area contributed by atoms with E-state index in [1.54, 1.807) is 0 Å². The zero-order valence-electron chi connectivity index (χ0n) is 15.0. The molecule has 4 nitrogen and oxygen atoms in total. The van der Waals surface area contributed by atoms with Gasteiger partial charge in [0.05, 0.1) is 0 Å². The predicted octanol–water partition coefficient (Wildman–Crippen LogP) is 4.62. The van der Waals surface area contributed by atoms with E-state index in [9.17, 15) is 4.79 Å². The van der Waals surface area contributed by atoms with Crippen molar-refractivity contribution in [2.45, 2.75) is 20.8 Å². The molecule has 5 heteroatoms. The van der Waals surface area contributed by atoms with E-state index in [4.69, 9.17) is 11.6 Å². The van der Waals surface area contributed by atoms with Crippen molar-refractivity contribution < 1.29 is 4.79 Å². The number of hydrogen-bond donors (Lipinski definition) is 1. The summed E-state index contributed by atoms with van der Waals surface area (Å²) in [4.78, 5) is 16.8. The van der Waals surface area contributed by atoms with Gasteiger partial charge >= 0.3 is 6.03 Å². The van der Waals surface area contributed by atoms with E-state index in [1.165, 1.54) is 5.56 Å². The van der Waals surface area contributed by atoms with Crippen LogP contribution < -0.4 is 10.2 Å². The normalized spacial score (nSPS) is 14.6. The number of carbonyl (C=O) groups excluding carboxylic acids is 1. The van der Waals surface area contributed by atoms with Gasteiger partial charge in [-0.1, -0.05) is 35.4 Å². The maximum atomic E-state index is 12.6. The first-order chi connectivity index (χ1) is 11.9. The number of aryl methyl sites for hydroxylation is 3. The molecule has 3 rings (SSSR count). The highest BCUT2D eigenvalue weighted by Gasteiger charge is 2.22. The van der Waals surface area contributed by atoms with Crippen molar-refractivity contribution in [3.8, 4) is 0 Å². The lowest BCUT2D eigenvalue weighted by Crippen LogP contribution is -2.50. The van der Waals surface area contributed by atoms with Crippen LogP contribution in [0.25, 0.3) is 0 Å². The Morgan fingerprint density at radius 2 is 1.64 bits per heavy atom. The molecule has 0 atom stereocenters. The Kier molecular flexibility index (Phi) is 5.19. The van der Waals surface area contributed by atoms with Crippen molar-refractivity contribution in [1.82, 2.24) is 4.90 Å². The standard InChI is InChI=1S/C20H24ClN3O/c1-14-11-15(2)19(16(3)12-14)22-20(25)24-9-7-23(8-10-24)18-6-4-5-17(21)13-18/h4-6,11-13H,7-10H2,1-3H3,(H,22,25). The third kappa shape index (κ3) is 4.07. The lowest BCUT2D eigenvalue weighted by Gasteiger charge is -2.36. The van der Waals surface area contributed by atoms with Crippen LogP contribution in [-0.4, -0.2) is 37.1 Å². The molecule has 0 spiro atoms. The highest BCUT2D eigenvalue weighted by molar-refractivity contribution is 6.30. The van der Waals surface area contributed by atoms with E-state index in [1.807, 2.05) is 36.9 Å². The smallest absolute Gasteiger partial charge is 0.321 e. The molecule has 25 heavy (non-hydrogen) atoms. The molecule has 2 aromatic carbocycles. The van der Waals surface area contributed by atoms with E-state index >= 15 is 0 Å². The van der Waals surface area contributed by atoms with Gasteiger partial charge in [-0.25, -0.2) is 4.79 Å². The zero-order chi connectivity index (χ0) is 18.0. The van der Waals surface area contributed by atoms with Crippen LogP contribution in [0.15, 0.2) is 36.4 Å². The fourth-order valence-electron chi connectivity index (χ4n) is 3.40. The number of halogens is 1. The van der Waals surface area contributed by atoms with Crippen molar-refractivity contribution >= 4 is 29.0 Å². The molecule has 0 radical (unpaired) electrons. The first-order valence-corrected chi connectivity index (χ1v) is 8.96. The van der Waals surface area contributed by atoms with Gasteiger partial charge in [0.1, 0.15) is 0 Å². The summed E-state index contributed by atoms with van der Waals surface area (Å²) in [6.45, 7) is 9.14. The molecule has 1 aliphatic heterocycles. The van der Waals surface area contributed by atoms with Crippen molar-refractivity contribution in [3.63, 3.8) is 0 Å². The van der Waals surface area contributed by atoms with Crippen molar-refractivity contribution in [1.29, 1.82) is 0 Å². The molecular weight excluding hydrogens is 334 g/mol. The Bertz CT molecular complexity index is 759. The summed E-state index contributed by atoms with van der Waals surface area (Å²) >= 11 is 6.07. The number of anilines is 2. The minimum atomic E-state index is -0.0270. The van der Waals surface area contributed by atoms with Crippen LogP contribution in [0.4, 0.5) is 16.2 Å². The van der Waals surface area contributed by atoms with Crippen molar-refractivity contribution in [2.75, 3.05) is 36.4 Å². The number of nitrogens with zero attached hydrogens (tertiary/aromatic N) is 2. The lowest BCUT2D eigenvalue weighted by molar-refractivity contribution is 0.208.